The molecule has 0 aliphatic carbocycles. The van der Waals surface area contributed by atoms with Gasteiger partial charge in [0.2, 0.25) is 0 Å². The second-order valence-corrected chi connectivity index (χ2v) is 4.11. The van der Waals surface area contributed by atoms with Gasteiger partial charge >= 0.3 is 10.8 Å². The molecule has 0 aromatic carbocycles. The number of rotatable bonds is 6. The number of aromatic nitrogens is 1. The van der Waals surface area contributed by atoms with Gasteiger partial charge in [-0.25, -0.2) is 0 Å². The molecule has 0 aliphatic heterocycles. The molecule has 6 heteroatoms. The molecule has 1 rings (SSSR count). The van der Waals surface area contributed by atoms with Crippen LogP contribution in [0.25, 0.3) is 0 Å². The van der Waals surface area contributed by atoms with Crippen molar-refractivity contribution in [3.8, 4) is 0 Å². The molecule has 0 fully saturated rings. The average Bonchev–Trinajstić information content (AvgIpc) is 2.65. The largest absolute Gasteiger partial charge is 0.465 e. The van der Waals surface area contributed by atoms with Gasteiger partial charge in [-0.15, -0.1) is 0 Å². The molecule has 0 amide bonds. The average molecular weight is 244 g/mol. The van der Waals surface area contributed by atoms with E-state index in [0.29, 0.717) is 19.6 Å². The second kappa shape index (κ2) is 6.44. The molecule has 0 aliphatic rings. The lowest BCUT2D eigenvalue weighted by atomic mass is 10.2. The molecule has 2 N–H and O–H groups in total. The zero-order chi connectivity index (χ0) is 12.0. The number of ether oxygens (including phenoxy) is 1. The van der Waals surface area contributed by atoms with Gasteiger partial charge in [-0.3, -0.25) is 14.9 Å². The van der Waals surface area contributed by atoms with Gasteiger partial charge in [0.05, 0.1) is 6.61 Å². The van der Waals surface area contributed by atoms with Crippen molar-refractivity contribution in [2.24, 2.45) is 0 Å². The molecule has 0 saturated heterocycles. The Morgan fingerprint density at radius 3 is 2.88 bits per heavy atom. The van der Waals surface area contributed by atoms with E-state index in [2.05, 4.69) is 10.3 Å². The van der Waals surface area contributed by atoms with Crippen molar-refractivity contribution in [2.75, 3.05) is 6.61 Å². The van der Waals surface area contributed by atoms with Gasteiger partial charge in [-0.2, -0.15) is 0 Å². The van der Waals surface area contributed by atoms with Crippen LogP contribution in [0.1, 0.15) is 26.0 Å². The van der Waals surface area contributed by atoms with E-state index in [1.54, 1.807) is 12.3 Å². The SMILES string of the molecule is CCOC(=O)C(CC)NCc1csc(=O)[nH]1. The fraction of sp³-hybridized carbons (Fsp3) is 0.600. The fourth-order valence-corrected chi connectivity index (χ4v) is 1.85. The molecule has 0 radical (unpaired) electrons. The predicted octanol–water partition coefficient (Wildman–Crippen LogP) is 0.868. The monoisotopic (exact) mass is 244 g/mol. The third-order valence-electron chi connectivity index (χ3n) is 2.09. The maximum Gasteiger partial charge on any atom is 0.323 e. The number of carbonyl (C=O) groups is 1. The topological polar surface area (TPSA) is 71.2 Å². The molecule has 1 aromatic rings. The number of esters is 1. The van der Waals surface area contributed by atoms with Crippen LogP contribution in [0.15, 0.2) is 10.2 Å². The van der Waals surface area contributed by atoms with Crippen LogP contribution in [0.2, 0.25) is 0 Å². The van der Waals surface area contributed by atoms with Gasteiger partial charge < -0.3 is 9.72 Å². The molecule has 0 bridgehead atoms. The third-order valence-corrected chi connectivity index (χ3v) is 2.81. The molecule has 90 valence electrons. The van der Waals surface area contributed by atoms with E-state index in [1.165, 1.54) is 0 Å². The normalized spacial score (nSPS) is 12.4. The zero-order valence-corrected chi connectivity index (χ0v) is 10.2. The minimum atomic E-state index is -0.316. The van der Waals surface area contributed by atoms with Crippen LogP contribution in [0, 0.1) is 0 Å². The first-order valence-electron chi connectivity index (χ1n) is 5.24. The summed E-state index contributed by atoms with van der Waals surface area (Å²) in [4.78, 5) is 24.9. The van der Waals surface area contributed by atoms with E-state index >= 15 is 0 Å². The molecule has 16 heavy (non-hydrogen) atoms. The van der Waals surface area contributed by atoms with Crippen LogP contribution in [0.5, 0.6) is 0 Å². The van der Waals surface area contributed by atoms with Crippen molar-refractivity contribution in [1.29, 1.82) is 0 Å². The molecule has 1 aromatic heterocycles. The van der Waals surface area contributed by atoms with Gasteiger partial charge in [0.1, 0.15) is 6.04 Å². The predicted molar refractivity (Wildman–Crippen MR) is 62.5 cm³/mol. The maximum atomic E-state index is 11.4. The standard InChI is InChI=1S/C10H16N2O3S/c1-3-8(9(13)15-4-2)11-5-7-6-16-10(14)12-7/h6,8,11H,3-5H2,1-2H3,(H,12,14). The van der Waals surface area contributed by atoms with Gasteiger partial charge in [-0.1, -0.05) is 18.3 Å². The minimum absolute atomic E-state index is 0.0824. The Morgan fingerprint density at radius 2 is 2.38 bits per heavy atom. The van der Waals surface area contributed by atoms with Crippen molar-refractivity contribution in [2.45, 2.75) is 32.9 Å². The minimum Gasteiger partial charge on any atom is -0.465 e. The van der Waals surface area contributed by atoms with Crippen LogP contribution in [-0.4, -0.2) is 23.6 Å². The molecule has 1 unspecified atom stereocenters. The lowest BCUT2D eigenvalue weighted by molar-refractivity contribution is -0.145. The van der Waals surface area contributed by atoms with Crippen LogP contribution in [-0.2, 0) is 16.1 Å². The molecule has 0 saturated carbocycles. The van der Waals surface area contributed by atoms with Crippen LogP contribution < -0.4 is 10.2 Å². The fourth-order valence-electron chi connectivity index (χ4n) is 1.27. The first-order chi connectivity index (χ1) is 7.67. The first-order valence-corrected chi connectivity index (χ1v) is 6.12. The quantitative estimate of drug-likeness (QED) is 0.728. The summed E-state index contributed by atoms with van der Waals surface area (Å²) < 4.78 is 4.92. The molecule has 0 spiro atoms. The van der Waals surface area contributed by atoms with Crippen LogP contribution >= 0.6 is 11.3 Å². The maximum absolute atomic E-state index is 11.4. The van der Waals surface area contributed by atoms with Crippen molar-refractivity contribution in [3.63, 3.8) is 0 Å². The number of nitrogens with one attached hydrogen (secondary N) is 2. The van der Waals surface area contributed by atoms with E-state index in [-0.39, 0.29) is 16.9 Å². The lowest BCUT2D eigenvalue weighted by Gasteiger charge is -2.14. The van der Waals surface area contributed by atoms with E-state index in [1.807, 2.05) is 6.92 Å². The van der Waals surface area contributed by atoms with Crippen LogP contribution in [0.4, 0.5) is 0 Å². The highest BCUT2D eigenvalue weighted by Crippen LogP contribution is 1.99. The van der Waals surface area contributed by atoms with Crippen molar-refractivity contribution >= 4 is 17.3 Å². The molecule has 5 nitrogen and oxygen atoms in total. The Balaban J connectivity index is 2.45. The summed E-state index contributed by atoms with van der Waals surface area (Å²) in [5, 5.41) is 4.79. The lowest BCUT2D eigenvalue weighted by Crippen LogP contribution is -2.37. The molecular formula is C10H16N2O3S. The summed E-state index contributed by atoms with van der Waals surface area (Å²) in [6.45, 7) is 4.54. The Labute approximate surface area is 97.8 Å². The Morgan fingerprint density at radius 1 is 1.62 bits per heavy atom. The van der Waals surface area contributed by atoms with Gasteiger partial charge in [0.25, 0.3) is 0 Å². The summed E-state index contributed by atoms with van der Waals surface area (Å²) in [6.07, 6.45) is 0.660. The zero-order valence-electron chi connectivity index (χ0n) is 9.41. The van der Waals surface area contributed by atoms with Crippen molar-refractivity contribution in [1.82, 2.24) is 10.3 Å². The van der Waals surface area contributed by atoms with E-state index < -0.39 is 0 Å². The van der Waals surface area contributed by atoms with Gasteiger partial charge in [0.15, 0.2) is 0 Å². The first kappa shape index (κ1) is 12.9. The highest BCUT2D eigenvalue weighted by atomic mass is 32.1. The highest BCUT2D eigenvalue weighted by Gasteiger charge is 2.16. The molecule has 1 atom stereocenters. The summed E-state index contributed by atoms with van der Waals surface area (Å²) in [7, 11) is 0. The number of thiazole rings is 1. The van der Waals surface area contributed by atoms with E-state index in [9.17, 15) is 9.59 Å². The number of hydrogen-bond donors (Lipinski definition) is 2. The molecule has 1 heterocycles. The highest BCUT2D eigenvalue weighted by molar-refractivity contribution is 7.07. The van der Waals surface area contributed by atoms with Crippen molar-refractivity contribution < 1.29 is 9.53 Å². The number of carbonyl (C=O) groups excluding carboxylic acids is 1. The summed E-state index contributed by atoms with van der Waals surface area (Å²) in [5.41, 5.74) is 0.790. The summed E-state index contributed by atoms with van der Waals surface area (Å²) >= 11 is 1.12. The van der Waals surface area contributed by atoms with Gasteiger partial charge in [0, 0.05) is 17.6 Å². The number of H-pyrrole nitrogens is 1. The van der Waals surface area contributed by atoms with Crippen molar-refractivity contribution in [3.05, 3.63) is 20.7 Å². The Bertz CT molecular complexity index is 385. The molecular weight excluding hydrogens is 228 g/mol. The second-order valence-electron chi connectivity index (χ2n) is 3.27. The Kier molecular flexibility index (Phi) is 5.21. The van der Waals surface area contributed by atoms with Crippen LogP contribution in [0.3, 0.4) is 0 Å². The summed E-state index contributed by atoms with van der Waals surface area (Å²) in [6, 6.07) is -0.316. The summed E-state index contributed by atoms with van der Waals surface area (Å²) in [5.74, 6) is -0.248. The number of hydrogen-bond acceptors (Lipinski definition) is 5. The smallest absolute Gasteiger partial charge is 0.323 e. The number of aromatic amines is 1. The Hall–Kier alpha value is -1.14. The van der Waals surface area contributed by atoms with E-state index in [4.69, 9.17) is 4.74 Å². The third kappa shape index (κ3) is 3.79. The van der Waals surface area contributed by atoms with E-state index in [0.717, 1.165) is 17.0 Å². The van der Waals surface area contributed by atoms with Gasteiger partial charge in [-0.05, 0) is 13.3 Å².